The third kappa shape index (κ3) is 4.63. The van der Waals surface area contributed by atoms with E-state index in [4.69, 9.17) is 5.73 Å². The molecule has 2 N–H and O–H groups in total. The van der Waals surface area contributed by atoms with Crippen molar-refractivity contribution in [2.75, 3.05) is 13.1 Å². The molecule has 0 aliphatic carbocycles. The third-order valence-electron chi connectivity index (χ3n) is 3.66. The predicted octanol–water partition coefficient (Wildman–Crippen LogP) is 3.75. The maximum absolute atomic E-state index is 6.41. The van der Waals surface area contributed by atoms with Gasteiger partial charge in [0.25, 0.3) is 0 Å². The topological polar surface area (TPSA) is 29.3 Å². The quantitative estimate of drug-likeness (QED) is 0.811. The summed E-state index contributed by atoms with van der Waals surface area (Å²) in [6, 6.07) is 9.32. The Morgan fingerprint density at radius 2 is 1.89 bits per heavy atom. The van der Waals surface area contributed by atoms with E-state index in [9.17, 15) is 0 Å². The van der Waals surface area contributed by atoms with Crippen LogP contribution in [0.15, 0.2) is 24.3 Å². The van der Waals surface area contributed by atoms with Crippen LogP contribution in [-0.2, 0) is 0 Å². The minimum absolute atomic E-state index is 0.195. The Balaban J connectivity index is 3.05. The van der Waals surface area contributed by atoms with Crippen LogP contribution in [-0.4, -0.2) is 24.0 Å². The van der Waals surface area contributed by atoms with Crippen molar-refractivity contribution in [3.05, 3.63) is 35.4 Å². The van der Waals surface area contributed by atoms with Gasteiger partial charge in [0.1, 0.15) is 0 Å². The summed E-state index contributed by atoms with van der Waals surface area (Å²) in [6.07, 6.45) is 1.01. The van der Waals surface area contributed by atoms with E-state index in [0.717, 1.165) is 19.5 Å². The predicted molar refractivity (Wildman–Crippen MR) is 84.3 cm³/mol. The minimum Gasteiger partial charge on any atom is -0.326 e. The second-order valence-corrected chi connectivity index (χ2v) is 5.91. The van der Waals surface area contributed by atoms with Crippen LogP contribution in [0, 0.1) is 12.8 Å². The number of hydrogen-bond donors (Lipinski definition) is 1. The van der Waals surface area contributed by atoms with Crippen molar-refractivity contribution in [1.82, 2.24) is 4.90 Å². The van der Waals surface area contributed by atoms with Crippen molar-refractivity contribution in [2.45, 2.75) is 53.1 Å². The molecule has 0 amide bonds. The first kappa shape index (κ1) is 16.2. The van der Waals surface area contributed by atoms with E-state index in [0.29, 0.717) is 12.0 Å². The Hall–Kier alpha value is -0.860. The van der Waals surface area contributed by atoms with Gasteiger partial charge in [-0.05, 0) is 31.4 Å². The van der Waals surface area contributed by atoms with Crippen molar-refractivity contribution in [1.29, 1.82) is 0 Å². The molecule has 2 unspecified atom stereocenters. The normalized spacial score (nSPS) is 14.9. The molecule has 2 nitrogen and oxygen atoms in total. The van der Waals surface area contributed by atoms with Crippen LogP contribution in [0.4, 0.5) is 0 Å². The van der Waals surface area contributed by atoms with E-state index in [1.165, 1.54) is 11.1 Å². The summed E-state index contributed by atoms with van der Waals surface area (Å²) >= 11 is 0. The van der Waals surface area contributed by atoms with Gasteiger partial charge in [-0.1, -0.05) is 57.5 Å². The zero-order valence-corrected chi connectivity index (χ0v) is 13.2. The number of hydrogen-bond acceptors (Lipinski definition) is 2. The van der Waals surface area contributed by atoms with Gasteiger partial charge in [-0.3, -0.25) is 4.90 Å². The Bertz CT molecular complexity index is 373. The third-order valence-corrected chi connectivity index (χ3v) is 3.66. The number of likely N-dealkylation sites (N-methyl/N-ethyl adjacent to an activating group) is 1. The average Bonchev–Trinajstić information content (AvgIpc) is 2.37. The molecule has 0 fully saturated rings. The van der Waals surface area contributed by atoms with Gasteiger partial charge >= 0.3 is 0 Å². The highest BCUT2D eigenvalue weighted by molar-refractivity contribution is 5.26. The Kier molecular flexibility index (Phi) is 6.53. The first-order valence-corrected chi connectivity index (χ1v) is 7.55. The fourth-order valence-electron chi connectivity index (χ4n) is 2.71. The zero-order chi connectivity index (χ0) is 14.4. The molecule has 0 spiro atoms. The summed E-state index contributed by atoms with van der Waals surface area (Å²) in [7, 11) is 0. The number of rotatable bonds is 7. The molecule has 0 saturated carbocycles. The first-order chi connectivity index (χ1) is 8.99. The van der Waals surface area contributed by atoms with Crippen LogP contribution in [0.5, 0.6) is 0 Å². The van der Waals surface area contributed by atoms with Crippen molar-refractivity contribution in [3.63, 3.8) is 0 Å². The largest absolute Gasteiger partial charge is 0.326 e. The number of nitrogens with zero attached hydrogens (tertiary/aromatic N) is 1. The molecule has 0 radical (unpaired) electrons. The lowest BCUT2D eigenvalue weighted by molar-refractivity contribution is 0.159. The zero-order valence-electron chi connectivity index (χ0n) is 13.2. The highest BCUT2D eigenvalue weighted by Crippen LogP contribution is 2.26. The van der Waals surface area contributed by atoms with Crippen LogP contribution in [0.2, 0.25) is 0 Å². The second-order valence-electron chi connectivity index (χ2n) is 5.91. The Morgan fingerprint density at radius 1 is 1.21 bits per heavy atom. The van der Waals surface area contributed by atoms with Gasteiger partial charge in [-0.2, -0.15) is 0 Å². The van der Waals surface area contributed by atoms with Crippen molar-refractivity contribution in [3.8, 4) is 0 Å². The lowest BCUT2D eigenvalue weighted by Gasteiger charge is -2.36. The fraction of sp³-hybridized carbons (Fsp3) is 0.647. The smallest absolute Gasteiger partial charge is 0.0499 e. The number of nitrogens with two attached hydrogens (primary N) is 1. The van der Waals surface area contributed by atoms with Crippen LogP contribution in [0.25, 0.3) is 0 Å². The molecule has 0 heterocycles. The van der Waals surface area contributed by atoms with Crippen molar-refractivity contribution < 1.29 is 0 Å². The summed E-state index contributed by atoms with van der Waals surface area (Å²) < 4.78 is 0. The second kappa shape index (κ2) is 7.66. The molecule has 108 valence electrons. The fourth-order valence-corrected chi connectivity index (χ4v) is 2.71. The van der Waals surface area contributed by atoms with E-state index in [1.807, 2.05) is 0 Å². The van der Waals surface area contributed by atoms with Gasteiger partial charge in [0.2, 0.25) is 0 Å². The summed E-state index contributed by atoms with van der Waals surface area (Å²) in [4.78, 5) is 2.52. The molecular weight excluding hydrogens is 232 g/mol. The molecule has 0 aliphatic heterocycles. The van der Waals surface area contributed by atoms with Crippen LogP contribution < -0.4 is 5.73 Å². The molecule has 19 heavy (non-hydrogen) atoms. The van der Waals surface area contributed by atoms with E-state index in [1.54, 1.807) is 0 Å². The molecule has 0 aromatic heterocycles. The standard InChI is InChI=1S/C17H30N2/c1-6-16(18)17(19(7-2)12-13(3)4)15-10-8-9-14(5)11-15/h8-11,13,16-17H,6-7,12,18H2,1-5H3. The highest BCUT2D eigenvalue weighted by Gasteiger charge is 2.25. The van der Waals surface area contributed by atoms with Gasteiger partial charge in [0.05, 0.1) is 0 Å². The average molecular weight is 262 g/mol. The maximum atomic E-state index is 6.41. The Morgan fingerprint density at radius 3 is 2.37 bits per heavy atom. The summed E-state index contributed by atoms with van der Waals surface area (Å²) in [6.45, 7) is 13.2. The molecule has 0 saturated heterocycles. The molecule has 1 rings (SSSR count). The first-order valence-electron chi connectivity index (χ1n) is 7.55. The van der Waals surface area contributed by atoms with Gasteiger partial charge in [-0.25, -0.2) is 0 Å². The summed E-state index contributed by atoms with van der Waals surface area (Å²) in [5.41, 5.74) is 9.08. The maximum Gasteiger partial charge on any atom is 0.0499 e. The van der Waals surface area contributed by atoms with Gasteiger partial charge in [-0.15, -0.1) is 0 Å². The molecule has 1 aromatic carbocycles. The minimum atomic E-state index is 0.195. The van der Waals surface area contributed by atoms with Crippen LogP contribution in [0.3, 0.4) is 0 Å². The van der Waals surface area contributed by atoms with Gasteiger partial charge in [0, 0.05) is 18.6 Å². The van der Waals surface area contributed by atoms with E-state index in [2.05, 4.69) is 63.8 Å². The lowest BCUT2D eigenvalue weighted by Crippen LogP contribution is -2.42. The molecule has 2 heteroatoms. The molecule has 0 aliphatic rings. The monoisotopic (exact) mass is 262 g/mol. The van der Waals surface area contributed by atoms with Gasteiger partial charge < -0.3 is 5.73 Å². The molecular formula is C17H30N2. The van der Waals surface area contributed by atoms with Crippen molar-refractivity contribution >= 4 is 0 Å². The van der Waals surface area contributed by atoms with Crippen molar-refractivity contribution in [2.24, 2.45) is 11.7 Å². The number of benzene rings is 1. The highest BCUT2D eigenvalue weighted by atomic mass is 15.2. The Labute approximate surface area is 119 Å². The molecule has 1 aromatic rings. The van der Waals surface area contributed by atoms with Crippen LogP contribution in [0.1, 0.15) is 51.3 Å². The lowest BCUT2D eigenvalue weighted by atomic mass is 9.94. The van der Waals surface area contributed by atoms with Gasteiger partial charge in [0.15, 0.2) is 0 Å². The van der Waals surface area contributed by atoms with E-state index < -0.39 is 0 Å². The summed E-state index contributed by atoms with van der Waals surface area (Å²) in [5.74, 6) is 0.663. The summed E-state index contributed by atoms with van der Waals surface area (Å²) in [5, 5.41) is 0. The molecule has 0 bridgehead atoms. The molecule has 2 atom stereocenters. The van der Waals surface area contributed by atoms with E-state index >= 15 is 0 Å². The van der Waals surface area contributed by atoms with Crippen LogP contribution >= 0.6 is 0 Å². The van der Waals surface area contributed by atoms with E-state index in [-0.39, 0.29) is 6.04 Å². The number of aryl methyl sites for hydroxylation is 1. The SMILES string of the molecule is CCC(N)C(c1cccc(C)c1)N(CC)CC(C)C.